The van der Waals surface area contributed by atoms with Crippen molar-refractivity contribution in [2.24, 2.45) is 0 Å². The predicted octanol–water partition coefficient (Wildman–Crippen LogP) is -0.0494. The molecule has 1 aliphatic rings. The molecule has 0 radical (unpaired) electrons. The van der Waals surface area contributed by atoms with Gasteiger partial charge in [0.2, 0.25) is 10.0 Å². The van der Waals surface area contributed by atoms with E-state index >= 15 is 0 Å². The zero-order valence-electron chi connectivity index (χ0n) is 8.14. The lowest BCUT2D eigenvalue weighted by Gasteiger charge is -2.33. The molecule has 14 heavy (non-hydrogen) atoms. The fraction of sp³-hybridized carbons (Fsp3) is 0.875. The van der Waals surface area contributed by atoms with Gasteiger partial charge in [-0.15, -0.1) is 0 Å². The van der Waals surface area contributed by atoms with Crippen LogP contribution in [-0.4, -0.2) is 44.3 Å². The summed E-state index contributed by atoms with van der Waals surface area (Å²) >= 11 is 0. The molecule has 0 aliphatic carbocycles. The Hall–Kier alpha value is -0.640. The van der Waals surface area contributed by atoms with Gasteiger partial charge in [0.25, 0.3) is 0 Å². The minimum atomic E-state index is -3.40. The summed E-state index contributed by atoms with van der Waals surface area (Å²) in [5, 5.41) is 8.40. The van der Waals surface area contributed by atoms with Crippen LogP contribution in [0.2, 0.25) is 0 Å². The van der Waals surface area contributed by atoms with Gasteiger partial charge >= 0.3 is 0 Å². The molecule has 0 N–H and O–H groups in total. The third-order valence-corrected chi connectivity index (χ3v) is 3.94. The van der Waals surface area contributed by atoms with Crippen molar-refractivity contribution in [2.75, 3.05) is 25.5 Å². The first-order valence-corrected chi connectivity index (χ1v) is 6.17. The van der Waals surface area contributed by atoms with Gasteiger partial charge in [-0.3, -0.25) is 0 Å². The molecule has 5 nitrogen and oxygen atoms in total. The van der Waals surface area contributed by atoms with Crippen LogP contribution in [-0.2, 0) is 14.8 Å². The molecule has 0 amide bonds. The number of sulfonamides is 1. The Morgan fingerprint density at radius 2 is 2.36 bits per heavy atom. The number of rotatable bonds is 3. The molecule has 0 aromatic heterocycles. The summed E-state index contributed by atoms with van der Waals surface area (Å²) in [6.45, 7) is 3.12. The molecule has 0 spiro atoms. The largest absolute Gasteiger partial charge is 0.378 e. The molecule has 1 saturated heterocycles. The molecule has 80 valence electrons. The lowest BCUT2D eigenvalue weighted by atomic mass is 10.2. The van der Waals surface area contributed by atoms with Crippen LogP contribution in [0, 0.1) is 11.3 Å². The maximum Gasteiger partial charge on any atom is 0.227 e. The third-order valence-electron chi connectivity index (χ3n) is 2.25. The van der Waals surface area contributed by atoms with E-state index in [4.69, 9.17) is 10.00 Å². The van der Waals surface area contributed by atoms with Crippen molar-refractivity contribution in [3.8, 4) is 6.07 Å². The fourth-order valence-electron chi connectivity index (χ4n) is 1.49. The molecular formula is C8H14N2O3S. The summed E-state index contributed by atoms with van der Waals surface area (Å²) in [6, 6.07) is 1.57. The average Bonchev–Trinajstić information content (AvgIpc) is 2.18. The maximum absolute atomic E-state index is 11.6. The van der Waals surface area contributed by atoms with E-state index in [0.29, 0.717) is 26.2 Å². The van der Waals surface area contributed by atoms with Gasteiger partial charge < -0.3 is 4.74 Å². The Morgan fingerprint density at radius 3 is 2.93 bits per heavy atom. The van der Waals surface area contributed by atoms with Crippen molar-refractivity contribution in [2.45, 2.75) is 19.4 Å². The minimum Gasteiger partial charge on any atom is -0.378 e. The average molecular weight is 218 g/mol. The highest BCUT2D eigenvalue weighted by Gasteiger charge is 2.31. The molecule has 1 rings (SSSR count). The van der Waals surface area contributed by atoms with Crippen LogP contribution in [0.1, 0.15) is 13.3 Å². The van der Waals surface area contributed by atoms with Crippen molar-refractivity contribution >= 4 is 10.0 Å². The molecule has 0 aromatic carbocycles. The van der Waals surface area contributed by atoms with Crippen molar-refractivity contribution in [1.29, 1.82) is 5.26 Å². The van der Waals surface area contributed by atoms with Crippen LogP contribution in [0.5, 0.6) is 0 Å². The van der Waals surface area contributed by atoms with Crippen molar-refractivity contribution in [3.63, 3.8) is 0 Å². The molecule has 1 heterocycles. The highest BCUT2D eigenvalue weighted by Crippen LogP contribution is 2.14. The van der Waals surface area contributed by atoms with Gasteiger partial charge in [0.1, 0.15) is 0 Å². The summed E-state index contributed by atoms with van der Waals surface area (Å²) in [4.78, 5) is 0. The molecule has 0 saturated carbocycles. The Balaban J connectivity index is 2.78. The second-order valence-electron chi connectivity index (χ2n) is 3.16. The Morgan fingerprint density at radius 1 is 1.64 bits per heavy atom. The summed E-state index contributed by atoms with van der Waals surface area (Å²) in [5.74, 6) is -0.441. The van der Waals surface area contributed by atoms with E-state index in [-0.39, 0.29) is 6.04 Å². The van der Waals surface area contributed by atoms with Crippen LogP contribution >= 0.6 is 0 Å². The first-order chi connectivity index (χ1) is 6.61. The summed E-state index contributed by atoms with van der Waals surface area (Å²) in [6.07, 6.45) is 0.713. The first kappa shape index (κ1) is 11.4. The zero-order valence-corrected chi connectivity index (χ0v) is 8.96. The maximum atomic E-state index is 11.6. The van der Waals surface area contributed by atoms with Crippen molar-refractivity contribution in [3.05, 3.63) is 0 Å². The second kappa shape index (κ2) is 4.73. The lowest BCUT2D eigenvalue weighted by Crippen LogP contribution is -2.48. The van der Waals surface area contributed by atoms with E-state index in [1.54, 1.807) is 6.07 Å². The van der Waals surface area contributed by atoms with Crippen LogP contribution in [0.3, 0.4) is 0 Å². The Kier molecular flexibility index (Phi) is 3.86. The van der Waals surface area contributed by atoms with Gasteiger partial charge in [0, 0.05) is 12.6 Å². The van der Waals surface area contributed by atoms with Crippen LogP contribution < -0.4 is 0 Å². The van der Waals surface area contributed by atoms with Gasteiger partial charge in [-0.2, -0.15) is 9.57 Å². The number of morpholine rings is 1. The minimum absolute atomic E-state index is 0.109. The van der Waals surface area contributed by atoms with E-state index < -0.39 is 15.8 Å². The second-order valence-corrected chi connectivity index (χ2v) is 5.08. The highest BCUT2D eigenvalue weighted by molar-refractivity contribution is 7.89. The van der Waals surface area contributed by atoms with Gasteiger partial charge in [0.15, 0.2) is 5.75 Å². The van der Waals surface area contributed by atoms with Crippen molar-refractivity contribution < 1.29 is 13.2 Å². The molecule has 6 heteroatoms. The van der Waals surface area contributed by atoms with Gasteiger partial charge in [-0.25, -0.2) is 8.42 Å². The molecule has 0 aromatic rings. The molecular weight excluding hydrogens is 204 g/mol. The highest BCUT2D eigenvalue weighted by atomic mass is 32.2. The standard InChI is InChI=1S/C8H14N2O3S/c1-2-8-7-13-5-4-10(8)14(11,12)6-3-9/h8H,2,4-7H2,1H3. The smallest absolute Gasteiger partial charge is 0.227 e. The molecule has 1 aliphatic heterocycles. The Labute approximate surface area is 84.3 Å². The summed E-state index contributed by atoms with van der Waals surface area (Å²) < 4.78 is 29.8. The Bertz CT molecular complexity index is 320. The topological polar surface area (TPSA) is 70.4 Å². The summed E-state index contributed by atoms with van der Waals surface area (Å²) in [5.41, 5.74) is 0. The van der Waals surface area contributed by atoms with Crippen molar-refractivity contribution in [1.82, 2.24) is 4.31 Å². The van der Waals surface area contributed by atoms with E-state index in [1.165, 1.54) is 4.31 Å². The fourth-order valence-corrected chi connectivity index (χ4v) is 2.84. The van der Waals surface area contributed by atoms with Gasteiger partial charge in [-0.05, 0) is 6.42 Å². The van der Waals surface area contributed by atoms with E-state index in [0.717, 1.165) is 0 Å². The van der Waals surface area contributed by atoms with Gasteiger partial charge in [0.05, 0.1) is 19.3 Å². The normalized spacial score (nSPS) is 24.4. The van der Waals surface area contributed by atoms with E-state index in [1.807, 2.05) is 6.92 Å². The lowest BCUT2D eigenvalue weighted by molar-refractivity contribution is 0.0316. The van der Waals surface area contributed by atoms with Crippen LogP contribution in [0.4, 0.5) is 0 Å². The summed E-state index contributed by atoms with van der Waals surface area (Å²) in [7, 11) is -3.40. The number of nitriles is 1. The van der Waals surface area contributed by atoms with E-state index in [9.17, 15) is 8.42 Å². The monoisotopic (exact) mass is 218 g/mol. The van der Waals surface area contributed by atoms with Crippen LogP contribution in [0.15, 0.2) is 0 Å². The van der Waals surface area contributed by atoms with Gasteiger partial charge in [-0.1, -0.05) is 6.92 Å². The number of nitrogens with zero attached hydrogens (tertiary/aromatic N) is 2. The molecule has 1 fully saturated rings. The molecule has 1 unspecified atom stereocenters. The SMILES string of the molecule is CCC1COCCN1S(=O)(=O)CC#N. The van der Waals surface area contributed by atoms with Crippen LogP contribution in [0.25, 0.3) is 0 Å². The molecule has 0 bridgehead atoms. The third kappa shape index (κ3) is 2.44. The number of hydrogen-bond donors (Lipinski definition) is 0. The number of hydrogen-bond acceptors (Lipinski definition) is 4. The first-order valence-electron chi connectivity index (χ1n) is 4.56. The number of ether oxygens (including phenoxy) is 1. The predicted molar refractivity (Wildman–Crippen MR) is 51.0 cm³/mol. The van der Waals surface area contributed by atoms with E-state index in [2.05, 4.69) is 0 Å². The zero-order chi connectivity index (χ0) is 10.6. The molecule has 1 atom stereocenters. The quantitative estimate of drug-likeness (QED) is 0.666.